The number of aromatic nitrogens is 4. The van der Waals surface area contributed by atoms with Gasteiger partial charge in [0.25, 0.3) is 11.5 Å². The van der Waals surface area contributed by atoms with Crippen LogP contribution in [0.3, 0.4) is 0 Å². The van der Waals surface area contributed by atoms with Crippen molar-refractivity contribution < 1.29 is 9.18 Å². The topological polar surface area (TPSA) is 87.8 Å². The molecule has 0 radical (unpaired) electrons. The smallest absolute Gasteiger partial charge is 0.276 e. The number of hydrogen-bond acceptors (Lipinski definition) is 6. The van der Waals surface area contributed by atoms with Crippen molar-refractivity contribution in [3.05, 3.63) is 52.5 Å². The van der Waals surface area contributed by atoms with Crippen molar-refractivity contribution in [3.63, 3.8) is 0 Å². The van der Waals surface area contributed by atoms with Crippen LogP contribution < -0.4 is 20.9 Å². The number of hydrazine groups is 1. The van der Waals surface area contributed by atoms with Crippen LogP contribution in [0.25, 0.3) is 5.65 Å². The summed E-state index contributed by atoms with van der Waals surface area (Å²) in [5.74, 6) is -0.179. The lowest BCUT2D eigenvalue weighted by Gasteiger charge is -2.30. The Morgan fingerprint density at radius 2 is 2.03 bits per heavy atom. The Bertz CT molecular complexity index is 1170. The summed E-state index contributed by atoms with van der Waals surface area (Å²) in [5, 5.41) is 10.7. The van der Waals surface area contributed by atoms with Crippen molar-refractivity contribution in [2.75, 3.05) is 23.1 Å². The van der Waals surface area contributed by atoms with Crippen LogP contribution in [0, 0.1) is 5.82 Å². The maximum Gasteiger partial charge on any atom is 0.276 e. The van der Waals surface area contributed by atoms with Crippen LogP contribution in [0.1, 0.15) is 30.1 Å². The maximum atomic E-state index is 14.3. The van der Waals surface area contributed by atoms with Gasteiger partial charge >= 0.3 is 0 Å². The molecular formula is C19H20FN7O2. The van der Waals surface area contributed by atoms with E-state index in [1.807, 2.05) is 11.9 Å². The number of nitrogens with one attached hydrogen (secondary N) is 1. The summed E-state index contributed by atoms with van der Waals surface area (Å²) in [6.07, 6.45) is 5.73. The second-order valence-corrected chi connectivity index (χ2v) is 7.42. The molecule has 5 heterocycles. The molecule has 2 aliphatic heterocycles. The molecule has 1 fully saturated rings. The third kappa shape index (κ3) is 2.91. The van der Waals surface area contributed by atoms with E-state index in [4.69, 9.17) is 0 Å². The fourth-order valence-electron chi connectivity index (χ4n) is 3.91. The lowest BCUT2D eigenvalue weighted by molar-refractivity contribution is 0.0939. The van der Waals surface area contributed by atoms with Gasteiger partial charge in [-0.25, -0.2) is 13.9 Å². The number of anilines is 2. The van der Waals surface area contributed by atoms with Crippen molar-refractivity contribution in [2.24, 2.45) is 0 Å². The van der Waals surface area contributed by atoms with E-state index < -0.39 is 5.82 Å². The van der Waals surface area contributed by atoms with Crippen molar-refractivity contribution in [1.29, 1.82) is 0 Å². The van der Waals surface area contributed by atoms with Crippen LogP contribution in [0.2, 0.25) is 0 Å². The van der Waals surface area contributed by atoms with Crippen LogP contribution in [0.15, 0.2) is 35.5 Å². The maximum absolute atomic E-state index is 14.3. The number of rotatable bonds is 0. The molecule has 0 saturated carbocycles. The number of pyridine rings is 1. The van der Waals surface area contributed by atoms with E-state index in [-0.39, 0.29) is 23.2 Å². The molecule has 5 rings (SSSR count). The van der Waals surface area contributed by atoms with E-state index in [1.165, 1.54) is 23.0 Å². The molecule has 0 spiro atoms. The third-order valence-electron chi connectivity index (χ3n) is 5.39. The molecule has 10 heteroatoms. The molecule has 1 atom stereocenters. The lowest BCUT2D eigenvalue weighted by atomic mass is 10.2. The van der Waals surface area contributed by atoms with Gasteiger partial charge in [-0.1, -0.05) is 0 Å². The zero-order valence-electron chi connectivity index (χ0n) is 15.9. The summed E-state index contributed by atoms with van der Waals surface area (Å²) in [5.41, 5.74) is 0.850. The number of amides is 1. The summed E-state index contributed by atoms with van der Waals surface area (Å²) >= 11 is 0. The largest absolute Gasteiger partial charge is 0.349 e. The fraction of sp³-hybridized carbons (Fsp3) is 0.368. The minimum absolute atomic E-state index is 0.217. The van der Waals surface area contributed by atoms with E-state index in [2.05, 4.69) is 15.4 Å². The number of fused-ring (bicyclic) bond motifs is 6. The molecule has 0 aromatic carbocycles. The lowest BCUT2D eigenvalue weighted by Crippen LogP contribution is -2.42. The number of carbonyl (C=O) groups is 1. The first-order chi connectivity index (χ1) is 14.0. The highest BCUT2D eigenvalue weighted by molar-refractivity contribution is 5.99. The molecular weight excluding hydrogens is 377 g/mol. The van der Waals surface area contributed by atoms with Gasteiger partial charge in [0.2, 0.25) is 0 Å². The monoisotopic (exact) mass is 397 g/mol. The number of carbonyl (C=O) groups excluding carboxylic acids is 1. The second kappa shape index (κ2) is 6.57. The minimum Gasteiger partial charge on any atom is -0.349 e. The van der Waals surface area contributed by atoms with Gasteiger partial charge in [-0.15, -0.1) is 0 Å². The van der Waals surface area contributed by atoms with Crippen molar-refractivity contribution in [2.45, 2.75) is 32.4 Å². The highest BCUT2D eigenvalue weighted by atomic mass is 19.1. The first-order valence-electron chi connectivity index (χ1n) is 9.61. The SMILES string of the molecule is C[C@@H]1CCn2cc(F)cc(c2=O)N2CCCN2c2ccn3ncc(c3n2)C(=O)N1. The van der Waals surface area contributed by atoms with Gasteiger partial charge in [0.15, 0.2) is 11.5 Å². The highest BCUT2D eigenvalue weighted by Crippen LogP contribution is 2.25. The highest BCUT2D eigenvalue weighted by Gasteiger charge is 2.28. The summed E-state index contributed by atoms with van der Waals surface area (Å²) in [6, 6.07) is 2.83. The van der Waals surface area contributed by atoms with E-state index in [0.29, 0.717) is 43.1 Å². The van der Waals surface area contributed by atoms with Gasteiger partial charge in [0.05, 0.1) is 6.20 Å². The predicted octanol–water partition coefficient (Wildman–Crippen LogP) is 1.18. The van der Waals surface area contributed by atoms with Crippen LogP contribution in [-0.4, -0.2) is 44.2 Å². The molecule has 3 aromatic rings. The normalized spacial score (nSPS) is 19.4. The molecule has 0 unspecified atom stereocenters. The van der Waals surface area contributed by atoms with Crippen LogP contribution in [0.4, 0.5) is 15.9 Å². The molecule has 29 heavy (non-hydrogen) atoms. The Kier molecular flexibility index (Phi) is 4.00. The molecule has 2 aliphatic rings. The minimum atomic E-state index is -0.475. The van der Waals surface area contributed by atoms with Gasteiger partial charge in [-0.3, -0.25) is 19.6 Å². The third-order valence-corrected chi connectivity index (χ3v) is 5.39. The van der Waals surface area contributed by atoms with E-state index >= 15 is 0 Å². The van der Waals surface area contributed by atoms with Gasteiger partial charge < -0.3 is 9.88 Å². The Morgan fingerprint density at radius 3 is 2.90 bits per heavy atom. The van der Waals surface area contributed by atoms with Gasteiger partial charge in [0, 0.05) is 50.2 Å². The number of hydrogen-bond donors (Lipinski definition) is 1. The number of halogens is 1. The standard InChI is InChI=1S/C19H20FN7O2/c1-12-3-7-24-11-13(20)9-15(19(24)29)26-5-2-6-27(26)16-4-8-25-17(23-16)14(10-21-25)18(28)22-12/h4,8-12H,2-3,5-7H2,1H3,(H,22,28)/t12-/m1/s1. The molecule has 0 aliphatic carbocycles. The molecule has 9 nitrogen and oxygen atoms in total. The molecule has 1 N–H and O–H groups in total. The zero-order valence-corrected chi connectivity index (χ0v) is 15.9. The summed E-state index contributed by atoms with van der Waals surface area (Å²) in [4.78, 5) is 30.4. The van der Waals surface area contributed by atoms with Crippen LogP contribution in [0.5, 0.6) is 0 Å². The van der Waals surface area contributed by atoms with Crippen molar-refractivity contribution in [3.8, 4) is 0 Å². The Labute approximate surface area is 165 Å². The first-order valence-corrected chi connectivity index (χ1v) is 9.61. The summed E-state index contributed by atoms with van der Waals surface area (Å²) < 4.78 is 17.3. The van der Waals surface area contributed by atoms with Gasteiger partial charge in [-0.2, -0.15) is 5.10 Å². The van der Waals surface area contributed by atoms with Gasteiger partial charge in [-0.05, 0) is 19.8 Å². The quantitative estimate of drug-likeness (QED) is 0.613. The number of nitrogens with zero attached hydrogens (tertiary/aromatic N) is 6. The molecule has 150 valence electrons. The average Bonchev–Trinajstić information content (AvgIpc) is 3.34. The first kappa shape index (κ1) is 17.7. The second-order valence-electron chi connectivity index (χ2n) is 7.42. The molecule has 1 amide bonds. The van der Waals surface area contributed by atoms with Crippen LogP contribution in [-0.2, 0) is 6.54 Å². The van der Waals surface area contributed by atoms with Crippen LogP contribution >= 0.6 is 0 Å². The Morgan fingerprint density at radius 1 is 1.21 bits per heavy atom. The Balaban J connectivity index is 1.71. The summed E-state index contributed by atoms with van der Waals surface area (Å²) in [6.45, 7) is 3.36. The average molecular weight is 397 g/mol. The zero-order chi connectivity index (χ0) is 20.1. The van der Waals surface area contributed by atoms with Gasteiger partial charge in [0.1, 0.15) is 17.1 Å². The number of aryl methyl sites for hydroxylation is 1. The fourth-order valence-corrected chi connectivity index (χ4v) is 3.91. The Hall–Kier alpha value is -3.43. The van der Waals surface area contributed by atoms with Crippen molar-refractivity contribution >= 4 is 23.1 Å². The molecule has 1 saturated heterocycles. The van der Waals surface area contributed by atoms with E-state index in [0.717, 1.165) is 6.42 Å². The van der Waals surface area contributed by atoms with E-state index in [1.54, 1.807) is 21.8 Å². The molecule has 3 aromatic heterocycles. The summed E-state index contributed by atoms with van der Waals surface area (Å²) in [7, 11) is 0. The van der Waals surface area contributed by atoms with Crippen molar-refractivity contribution in [1.82, 2.24) is 24.5 Å². The van der Waals surface area contributed by atoms with E-state index in [9.17, 15) is 14.0 Å². The molecule has 4 bridgehead atoms. The predicted molar refractivity (Wildman–Crippen MR) is 105 cm³/mol.